The third kappa shape index (κ3) is 3.45. The lowest BCUT2D eigenvalue weighted by atomic mass is 9.68. The van der Waals surface area contributed by atoms with Crippen LogP contribution in [0.5, 0.6) is 0 Å². The maximum Gasteiger partial charge on any atom is 0.0537 e. The zero-order valence-corrected chi connectivity index (χ0v) is 11.5. The van der Waals surface area contributed by atoms with Gasteiger partial charge in [-0.1, -0.05) is 32.6 Å². The molecule has 1 saturated carbocycles. The van der Waals surface area contributed by atoms with Gasteiger partial charge >= 0.3 is 0 Å². The fraction of sp³-hybridized carbons (Fsp3) is 1.00. The summed E-state index contributed by atoms with van der Waals surface area (Å²) in [6.07, 6.45) is 11.3. The van der Waals surface area contributed by atoms with E-state index in [4.69, 9.17) is 4.74 Å². The minimum atomic E-state index is 0.457. The number of ether oxygens (including phenoxy) is 1. The van der Waals surface area contributed by atoms with Gasteiger partial charge in [-0.05, 0) is 38.1 Å². The molecule has 1 saturated heterocycles. The molecule has 2 aliphatic rings. The van der Waals surface area contributed by atoms with E-state index in [0.717, 1.165) is 25.7 Å². The van der Waals surface area contributed by atoms with Gasteiger partial charge in [0.25, 0.3) is 0 Å². The summed E-state index contributed by atoms with van der Waals surface area (Å²) in [5.41, 5.74) is 0.457. The van der Waals surface area contributed by atoms with Crippen LogP contribution in [-0.2, 0) is 4.74 Å². The SMILES string of the molecule is CCNCC1(C2CCCCCC2)CCCOC1. The molecule has 1 N–H and O–H groups in total. The largest absolute Gasteiger partial charge is 0.381 e. The van der Waals surface area contributed by atoms with E-state index in [1.807, 2.05) is 0 Å². The molecule has 1 heterocycles. The third-order valence-corrected chi connectivity index (χ3v) is 4.80. The predicted octanol–water partition coefficient (Wildman–Crippen LogP) is 3.36. The molecule has 2 nitrogen and oxygen atoms in total. The number of nitrogens with one attached hydrogen (secondary N) is 1. The third-order valence-electron chi connectivity index (χ3n) is 4.80. The van der Waals surface area contributed by atoms with Crippen molar-refractivity contribution in [2.24, 2.45) is 11.3 Å². The van der Waals surface area contributed by atoms with Crippen LogP contribution in [0.3, 0.4) is 0 Å². The molecule has 100 valence electrons. The summed E-state index contributed by atoms with van der Waals surface area (Å²) < 4.78 is 5.84. The van der Waals surface area contributed by atoms with Crippen LogP contribution in [0.25, 0.3) is 0 Å². The highest BCUT2D eigenvalue weighted by molar-refractivity contribution is 4.91. The number of hydrogen-bond acceptors (Lipinski definition) is 2. The Hall–Kier alpha value is -0.0800. The highest BCUT2D eigenvalue weighted by Crippen LogP contribution is 2.42. The van der Waals surface area contributed by atoms with Crippen molar-refractivity contribution in [3.05, 3.63) is 0 Å². The Morgan fingerprint density at radius 1 is 1.12 bits per heavy atom. The first-order valence-corrected chi connectivity index (χ1v) is 7.66. The van der Waals surface area contributed by atoms with Gasteiger partial charge in [0.1, 0.15) is 0 Å². The van der Waals surface area contributed by atoms with Crippen LogP contribution in [0.2, 0.25) is 0 Å². The lowest BCUT2D eigenvalue weighted by molar-refractivity contribution is -0.0455. The van der Waals surface area contributed by atoms with Gasteiger partial charge in [-0.2, -0.15) is 0 Å². The molecular weight excluding hydrogens is 210 g/mol. The maximum atomic E-state index is 5.84. The van der Waals surface area contributed by atoms with E-state index in [1.165, 1.54) is 57.9 Å². The summed E-state index contributed by atoms with van der Waals surface area (Å²) in [7, 11) is 0. The number of hydrogen-bond donors (Lipinski definition) is 1. The molecule has 2 fully saturated rings. The molecule has 0 spiro atoms. The van der Waals surface area contributed by atoms with E-state index in [-0.39, 0.29) is 0 Å². The van der Waals surface area contributed by atoms with Gasteiger partial charge in [-0.15, -0.1) is 0 Å². The van der Waals surface area contributed by atoms with Crippen LogP contribution < -0.4 is 5.32 Å². The van der Waals surface area contributed by atoms with Crippen LogP contribution in [0.15, 0.2) is 0 Å². The topological polar surface area (TPSA) is 21.3 Å². The first kappa shape index (κ1) is 13.4. The Bertz CT molecular complexity index is 203. The van der Waals surface area contributed by atoms with Crippen molar-refractivity contribution in [3.63, 3.8) is 0 Å². The normalized spacial score (nSPS) is 32.3. The van der Waals surface area contributed by atoms with Gasteiger partial charge in [0.2, 0.25) is 0 Å². The van der Waals surface area contributed by atoms with Crippen LogP contribution in [0.4, 0.5) is 0 Å². The lowest BCUT2D eigenvalue weighted by Gasteiger charge is -2.43. The van der Waals surface area contributed by atoms with Crippen molar-refractivity contribution in [1.82, 2.24) is 5.32 Å². The molecule has 0 amide bonds. The molecule has 0 aromatic heterocycles. The molecule has 1 atom stereocenters. The van der Waals surface area contributed by atoms with E-state index in [9.17, 15) is 0 Å². The summed E-state index contributed by atoms with van der Waals surface area (Å²) in [4.78, 5) is 0. The molecule has 17 heavy (non-hydrogen) atoms. The number of rotatable bonds is 4. The van der Waals surface area contributed by atoms with E-state index in [1.54, 1.807) is 0 Å². The van der Waals surface area contributed by atoms with E-state index < -0.39 is 0 Å². The summed E-state index contributed by atoms with van der Waals surface area (Å²) in [5, 5.41) is 3.60. The summed E-state index contributed by atoms with van der Waals surface area (Å²) in [5.74, 6) is 0.907. The molecule has 2 heteroatoms. The second-order valence-electron chi connectivity index (χ2n) is 5.99. The van der Waals surface area contributed by atoms with Crippen LogP contribution in [0.1, 0.15) is 58.3 Å². The fourth-order valence-corrected chi connectivity index (χ4v) is 3.75. The van der Waals surface area contributed by atoms with Crippen molar-refractivity contribution >= 4 is 0 Å². The fourth-order valence-electron chi connectivity index (χ4n) is 3.75. The lowest BCUT2D eigenvalue weighted by Crippen LogP contribution is -2.46. The summed E-state index contributed by atoms with van der Waals surface area (Å²) in [6.45, 7) is 6.47. The average molecular weight is 239 g/mol. The highest BCUT2D eigenvalue weighted by atomic mass is 16.5. The molecule has 0 aromatic rings. The predicted molar refractivity (Wildman–Crippen MR) is 72.2 cm³/mol. The molecule has 0 bridgehead atoms. The molecule has 1 aliphatic heterocycles. The quantitative estimate of drug-likeness (QED) is 0.760. The average Bonchev–Trinajstić information content (AvgIpc) is 2.67. The second-order valence-corrected chi connectivity index (χ2v) is 5.99. The zero-order valence-electron chi connectivity index (χ0n) is 11.5. The zero-order chi connectivity index (χ0) is 12.0. The molecule has 2 rings (SSSR count). The molecule has 1 unspecified atom stereocenters. The molecule has 0 radical (unpaired) electrons. The van der Waals surface area contributed by atoms with Crippen molar-refractivity contribution in [3.8, 4) is 0 Å². The summed E-state index contributed by atoms with van der Waals surface area (Å²) >= 11 is 0. The van der Waals surface area contributed by atoms with Crippen LogP contribution in [0, 0.1) is 11.3 Å². The van der Waals surface area contributed by atoms with Crippen LogP contribution in [-0.4, -0.2) is 26.3 Å². The minimum Gasteiger partial charge on any atom is -0.381 e. The van der Waals surface area contributed by atoms with Gasteiger partial charge < -0.3 is 10.1 Å². The Kier molecular flexibility index (Phi) is 5.30. The first-order chi connectivity index (χ1) is 8.37. The van der Waals surface area contributed by atoms with Crippen molar-refractivity contribution < 1.29 is 4.74 Å². The maximum absolute atomic E-state index is 5.84. The van der Waals surface area contributed by atoms with Crippen molar-refractivity contribution in [2.45, 2.75) is 58.3 Å². The van der Waals surface area contributed by atoms with Gasteiger partial charge in [-0.25, -0.2) is 0 Å². The molecule has 1 aliphatic carbocycles. The Balaban J connectivity index is 2.01. The van der Waals surface area contributed by atoms with Gasteiger partial charge in [0, 0.05) is 18.6 Å². The van der Waals surface area contributed by atoms with Gasteiger partial charge in [-0.3, -0.25) is 0 Å². The smallest absolute Gasteiger partial charge is 0.0537 e. The van der Waals surface area contributed by atoms with Gasteiger partial charge in [0.05, 0.1) is 6.61 Å². The van der Waals surface area contributed by atoms with Crippen molar-refractivity contribution in [1.29, 1.82) is 0 Å². The van der Waals surface area contributed by atoms with Crippen LogP contribution >= 0.6 is 0 Å². The Morgan fingerprint density at radius 2 is 1.88 bits per heavy atom. The summed E-state index contributed by atoms with van der Waals surface area (Å²) in [6, 6.07) is 0. The van der Waals surface area contributed by atoms with Gasteiger partial charge in [0.15, 0.2) is 0 Å². The molecule has 0 aromatic carbocycles. The second kappa shape index (κ2) is 6.75. The van der Waals surface area contributed by atoms with Crippen molar-refractivity contribution in [2.75, 3.05) is 26.3 Å². The monoisotopic (exact) mass is 239 g/mol. The Morgan fingerprint density at radius 3 is 2.47 bits per heavy atom. The first-order valence-electron chi connectivity index (χ1n) is 7.66. The highest BCUT2D eigenvalue weighted by Gasteiger charge is 2.39. The molecular formula is C15H29NO. The minimum absolute atomic E-state index is 0.457. The van der Waals surface area contributed by atoms with E-state index >= 15 is 0 Å². The van der Waals surface area contributed by atoms with E-state index in [0.29, 0.717) is 5.41 Å². The standard InChI is InChI=1S/C15H29NO/c1-2-16-12-15(10-7-11-17-13-15)14-8-5-3-4-6-9-14/h14,16H,2-13H2,1H3. The van der Waals surface area contributed by atoms with E-state index in [2.05, 4.69) is 12.2 Å². The Labute approximate surface area is 107 Å².